The van der Waals surface area contributed by atoms with Crippen LogP contribution in [0, 0.1) is 5.92 Å². The van der Waals surface area contributed by atoms with E-state index in [0.29, 0.717) is 12.1 Å². The van der Waals surface area contributed by atoms with Gasteiger partial charge in [-0.1, -0.05) is 40.0 Å². The van der Waals surface area contributed by atoms with Gasteiger partial charge >= 0.3 is 0 Å². The monoisotopic (exact) mass is 241 g/mol. The first kappa shape index (κ1) is 15.0. The average molecular weight is 241 g/mol. The van der Waals surface area contributed by atoms with Crippen LogP contribution in [-0.4, -0.2) is 25.3 Å². The highest BCUT2D eigenvalue weighted by Crippen LogP contribution is 2.23. The van der Waals surface area contributed by atoms with Crippen LogP contribution in [0.2, 0.25) is 0 Å². The van der Waals surface area contributed by atoms with Gasteiger partial charge in [-0.2, -0.15) is 0 Å². The number of nitrogens with one attached hydrogen (secondary N) is 1. The van der Waals surface area contributed by atoms with Gasteiger partial charge in [-0.25, -0.2) is 0 Å². The van der Waals surface area contributed by atoms with E-state index in [1.165, 1.54) is 44.9 Å². The molecule has 0 bridgehead atoms. The topological polar surface area (TPSA) is 21.3 Å². The minimum Gasteiger partial charge on any atom is -0.378 e. The molecule has 1 fully saturated rings. The molecule has 0 saturated heterocycles. The second-order valence-corrected chi connectivity index (χ2v) is 5.44. The zero-order chi connectivity index (χ0) is 12.5. The van der Waals surface area contributed by atoms with Gasteiger partial charge in [-0.3, -0.25) is 0 Å². The van der Waals surface area contributed by atoms with Crippen LogP contribution < -0.4 is 5.32 Å². The molecule has 2 heteroatoms. The summed E-state index contributed by atoms with van der Waals surface area (Å²) < 4.78 is 6.09. The Labute approximate surface area is 108 Å². The van der Waals surface area contributed by atoms with E-state index in [1.807, 2.05) is 0 Å². The normalized spacial score (nSPS) is 26.3. The molecule has 0 spiro atoms. The molecule has 1 aliphatic rings. The minimum absolute atomic E-state index is 0.523. The van der Waals surface area contributed by atoms with Crippen LogP contribution in [0.25, 0.3) is 0 Å². The van der Waals surface area contributed by atoms with Gasteiger partial charge in [0, 0.05) is 12.6 Å². The first-order valence-corrected chi connectivity index (χ1v) is 7.65. The van der Waals surface area contributed by atoms with Crippen LogP contribution in [0.4, 0.5) is 0 Å². The van der Waals surface area contributed by atoms with E-state index in [9.17, 15) is 0 Å². The molecule has 1 saturated carbocycles. The van der Waals surface area contributed by atoms with Crippen molar-refractivity contribution >= 4 is 0 Å². The lowest BCUT2D eigenvalue weighted by Gasteiger charge is -2.18. The summed E-state index contributed by atoms with van der Waals surface area (Å²) in [6, 6.07) is 0.709. The highest BCUT2D eigenvalue weighted by Gasteiger charge is 2.24. The fraction of sp³-hybridized carbons (Fsp3) is 1.00. The van der Waals surface area contributed by atoms with Gasteiger partial charge in [-0.15, -0.1) is 0 Å². The second kappa shape index (κ2) is 8.93. The van der Waals surface area contributed by atoms with E-state index in [-0.39, 0.29) is 0 Å². The molecule has 0 aromatic rings. The third-order valence-corrected chi connectivity index (χ3v) is 3.99. The average Bonchev–Trinajstić information content (AvgIpc) is 2.78. The Kier molecular flexibility index (Phi) is 7.87. The van der Waals surface area contributed by atoms with Crippen molar-refractivity contribution in [3.05, 3.63) is 0 Å². The molecule has 1 N–H and O–H groups in total. The Hall–Kier alpha value is -0.0800. The van der Waals surface area contributed by atoms with E-state index in [2.05, 4.69) is 26.1 Å². The van der Waals surface area contributed by atoms with Gasteiger partial charge in [-0.05, 0) is 38.1 Å². The van der Waals surface area contributed by atoms with Crippen LogP contribution in [0.1, 0.15) is 65.7 Å². The molecular formula is C15H31NO. The van der Waals surface area contributed by atoms with Gasteiger partial charge < -0.3 is 10.1 Å². The van der Waals surface area contributed by atoms with Crippen LogP contribution >= 0.6 is 0 Å². The van der Waals surface area contributed by atoms with Gasteiger partial charge in [0.05, 0.1) is 6.10 Å². The Morgan fingerprint density at radius 1 is 1.24 bits per heavy atom. The number of hydrogen-bond donors (Lipinski definition) is 1. The van der Waals surface area contributed by atoms with Crippen molar-refractivity contribution in [2.45, 2.75) is 77.9 Å². The van der Waals surface area contributed by atoms with Crippen LogP contribution in [-0.2, 0) is 4.74 Å². The fourth-order valence-corrected chi connectivity index (χ4v) is 2.74. The van der Waals surface area contributed by atoms with E-state index in [0.717, 1.165) is 19.1 Å². The van der Waals surface area contributed by atoms with Crippen molar-refractivity contribution in [2.75, 3.05) is 13.2 Å². The summed E-state index contributed by atoms with van der Waals surface area (Å²) >= 11 is 0. The molecule has 0 aromatic heterocycles. The Balaban J connectivity index is 2.12. The SMILES string of the molecule is CCCCC(CC)COC1CCC(NCC)C1. The van der Waals surface area contributed by atoms with Crippen LogP contribution in [0.5, 0.6) is 0 Å². The predicted molar refractivity (Wildman–Crippen MR) is 74.4 cm³/mol. The molecule has 0 aliphatic heterocycles. The quantitative estimate of drug-likeness (QED) is 0.664. The zero-order valence-electron chi connectivity index (χ0n) is 12.0. The van der Waals surface area contributed by atoms with Gasteiger partial charge in [0.1, 0.15) is 0 Å². The maximum absolute atomic E-state index is 6.09. The molecular weight excluding hydrogens is 210 g/mol. The third-order valence-electron chi connectivity index (χ3n) is 3.99. The first-order chi connectivity index (χ1) is 8.30. The van der Waals surface area contributed by atoms with E-state index >= 15 is 0 Å². The summed E-state index contributed by atoms with van der Waals surface area (Å²) in [5.41, 5.74) is 0. The standard InChI is InChI=1S/C15H31NO/c1-4-7-8-13(5-2)12-17-15-10-9-14(11-15)16-6-3/h13-16H,4-12H2,1-3H3. The minimum atomic E-state index is 0.523. The van der Waals surface area contributed by atoms with Crippen LogP contribution in [0.3, 0.4) is 0 Å². The predicted octanol–water partition coefficient (Wildman–Crippen LogP) is 3.75. The summed E-state index contributed by atoms with van der Waals surface area (Å²) in [5.74, 6) is 0.785. The molecule has 2 nitrogen and oxygen atoms in total. The lowest BCUT2D eigenvalue weighted by atomic mass is 10.0. The molecule has 0 radical (unpaired) electrons. The largest absolute Gasteiger partial charge is 0.378 e. The van der Waals surface area contributed by atoms with Crippen molar-refractivity contribution in [1.29, 1.82) is 0 Å². The fourth-order valence-electron chi connectivity index (χ4n) is 2.74. The maximum atomic E-state index is 6.09. The maximum Gasteiger partial charge on any atom is 0.0590 e. The smallest absolute Gasteiger partial charge is 0.0590 e. The zero-order valence-corrected chi connectivity index (χ0v) is 12.0. The third kappa shape index (κ3) is 5.87. The van der Waals surface area contributed by atoms with Crippen molar-refractivity contribution in [3.63, 3.8) is 0 Å². The molecule has 1 rings (SSSR count). The highest BCUT2D eigenvalue weighted by molar-refractivity contribution is 4.81. The molecule has 1 aliphatic carbocycles. The summed E-state index contributed by atoms with van der Waals surface area (Å²) in [6.45, 7) is 8.82. The summed E-state index contributed by atoms with van der Waals surface area (Å²) in [4.78, 5) is 0. The van der Waals surface area contributed by atoms with Crippen molar-refractivity contribution in [1.82, 2.24) is 5.32 Å². The molecule has 3 atom stereocenters. The van der Waals surface area contributed by atoms with Crippen molar-refractivity contribution < 1.29 is 4.74 Å². The van der Waals surface area contributed by atoms with Gasteiger partial charge in [0.25, 0.3) is 0 Å². The lowest BCUT2D eigenvalue weighted by Crippen LogP contribution is -2.27. The second-order valence-electron chi connectivity index (χ2n) is 5.44. The highest BCUT2D eigenvalue weighted by atomic mass is 16.5. The molecule has 0 heterocycles. The molecule has 102 valence electrons. The van der Waals surface area contributed by atoms with E-state index in [1.54, 1.807) is 0 Å². The molecule has 0 amide bonds. The molecule has 3 unspecified atom stereocenters. The Morgan fingerprint density at radius 2 is 2.06 bits per heavy atom. The molecule has 0 aromatic carbocycles. The number of rotatable bonds is 9. The molecule has 17 heavy (non-hydrogen) atoms. The number of ether oxygens (including phenoxy) is 1. The summed E-state index contributed by atoms with van der Waals surface area (Å²) in [6.07, 6.45) is 9.56. The van der Waals surface area contributed by atoms with E-state index < -0.39 is 0 Å². The van der Waals surface area contributed by atoms with Crippen molar-refractivity contribution in [3.8, 4) is 0 Å². The Morgan fingerprint density at radius 3 is 2.71 bits per heavy atom. The van der Waals surface area contributed by atoms with Crippen molar-refractivity contribution in [2.24, 2.45) is 5.92 Å². The first-order valence-electron chi connectivity index (χ1n) is 7.65. The lowest BCUT2D eigenvalue weighted by molar-refractivity contribution is 0.0289. The van der Waals surface area contributed by atoms with Crippen LogP contribution in [0.15, 0.2) is 0 Å². The number of hydrogen-bond acceptors (Lipinski definition) is 2. The number of unbranched alkanes of at least 4 members (excludes halogenated alkanes) is 1. The van der Waals surface area contributed by atoms with E-state index in [4.69, 9.17) is 4.74 Å². The summed E-state index contributed by atoms with van der Waals surface area (Å²) in [5, 5.41) is 3.53. The van der Waals surface area contributed by atoms with Gasteiger partial charge in [0.15, 0.2) is 0 Å². The summed E-state index contributed by atoms with van der Waals surface area (Å²) in [7, 11) is 0. The van der Waals surface area contributed by atoms with Gasteiger partial charge in [0.2, 0.25) is 0 Å². The Bertz CT molecular complexity index is 184.